The summed E-state index contributed by atoms with van der Waals surface area (Å²) < 4.78 is 1.98. The Labute approximate surface area is 142 Å². The molecule has 0 aromatic carbocycles. The number of rotatable bonds is 5. The first-order valence-electron chi connectivity index (χ1n) is 8.76. The Bertz CT molecular complexity index is 696. The Morgan fingerprint density at radius 1 is 1.38 bits per heavy atom. The van der Waals surface area contributed by atoms with E-state index in [1.807, 2.05) is 28.0 Å². The molecule has 128 valence electrons. The van der Waals surface area contributed by atoms with Crippen molar-refractivity contribution in [3.8, 4) is 11.4 Å². The molecule has 1 atom stereocenters. The van der Waals surface area contributed by atoms with E-state index >= 15 is 0 Å². The van der Waals surface area contributed by atoms with Gasteiger partial charge >= 0.3 is 0 Å². The quantitative estimate of drug-likeness (QED) is 0.846. The van der Waals surface area contributed by atoms with E-state index in [4.69, 9.17) is 4.98 Å². The van der Waals surface area contributed by atoms with E-state index in [0.717, 1.165) is 62.4 Å². The SMILES string of the molecule is CCCn1nccc1-c1cncc(C[C@@H]2CCCN(C(C)=O)C2)n1. The fraction of sp³-hybridized carbons (Fsp3) is 0.556. The van der Waals surface area contributed by atoms with Crippen LogP contribution in [0.2, 0.25) is 0 Å². The van der Waals surface area contributed by atoms with Crippen molar-refractivity contribution in [3.63, 3.8) is 0 Å². The Morgan fingerprint density at radius 2 is 2.25 bits per heavy atom. The Morgan fingerprint density at radius 3 is 3.04 bits per heavy atom. The molecule has 2 aromatic heterocycles. The summed E-state index contributed by atoms with van der Waals surface area (Å²) in [6.07, 6.45) is 9.57. The second kappa shape index (κ2) is 7.55. The third kappa shape index (κ3) is 3.80. The molecule has 6 nitrogen and oxygen atoms in total. The number of piperidine rings is 1. The molecule has 6 heteroatoms. The van der Waals surface area contributed by atoms with Gasteiger partial charge in [0.05, 0.1) is 17.6 Å². The first-order chi connectivity index (χ1) is 11.7. The predicted octanol–water partition coefficient (Wildman–Crippen LogP) is 2.55. The van der Waals surface area contributed by atoms with Crippen LogP contribution in [-0.4, -0.2) is 43.6 Å². The minimum atomic E-state index is 0.169. The lowest BCUT2D eigenvalue weighted by atomic mass is 9.93. The minimum Gasteiger partial charge on any atom is -0.343 e. The first kappa shape index (κ1) is 16.6. The molecule has 1 aliphatic heterocycles. The van der Waals surface area contributed by atoms with Crippen LogP contribution in [-0.2, 0) is 17.8 Å². The van der Waals surface area contributed by atoms with Gasteiger partial charge in [0.2, 0.25) is 5.91 Å². The highest BCUT2D eigenvalue weighted by Gasteiger charge is 2.22. The number of aryl methyl sites for hydroxylation is 1. The van der Waals surface area contributed by atoms with Gasteiger partial charge in [-0.15, -0.1) is 0 Å². The zero-order valence-electron chi connectivity index (χ0n) is 14.5. The van der Waals surface area contributed by atoms with Crippen LogP contribution in [0.4, 0.5) is 0 Å². The normalized spacial score (nSPS) is 17.9. The van der Waals surface area contributed by atoms with E-state index in [1.54, 1.807) is 13.1 Å². The maximum atomic E-state index is 11.6. The topological polar surface area (TPSA) is 63.9 Å². The number of hydrogen-bond donors (Lipinski definition) is 0. The van der Waals surface area contributed by atoms with E-state index in [0.29, 0.717) is 5.92 Å². The highest BCUT2D eigenvalue weighted by molar-refractivity contribution is 5.73. The van der Waals surface area contributed by atoms with Crippen LogP contribution >= 0.6 is 0 Å². The van der Waals surface area contributed by atoms with E-state index in [2.05, 4.69) is 17.0 Å². The van der Waals surface area contributed by atoms with Gasteiger partial charge in [0, 0.05) is 39.0 Å². The van der Waals surface area contributed by atoms with Crippen LogP contribution in [0, 0.1) is 5.92 Å². The Hall–Kier alpha value is -2.24. The lowest BCUT2D eigenvalue weighted by molar-refractivity contribution is -0.130. The molecular weight excluding hydrogens is 302 g/mol. The number of aromatic nitrogens is 4. The van der Waals surface area contributed by atoms with Crippen LogP contribution in [0.5, 0.6) is 0 Å². The standard InChI is InChI=1S/C18H25N5O/c1-3-8-23-18(6-7-20-23)17-12-19-11-16(21-17)10-15-5-4-9-22(13-15)14(2)24/h6-7,11-12,15H,3-5,8-10,13H2,1-2H3/t15-/m0/s1. The Kier molecular flexibility index (Phi) is 5.23. The molecule has 1 aliphatic rings. The molecule has 1 amide bonds. The summed E-state index contributed by atoms with van der Waals surface area (Å²) in [6.45, 7) is 6.38. The van der Waals surface area contributed by atoms with E-state index in [1.165, 1.54) is 0 Å². The first-order valence-corrected chi connectivity index (χ1v) is 8.76. The largest absolute Gasteiger partial charge is 0.343 e. The molecule has 0 N–H and O–H groups in total. The molecule has 0 aliphatic carbocycles. The van der Waals surface area contributed by atoms with Gasteiger partial charge < -0.3 is 4.90 Å². The highest BCUT2D eigenvalue weighted by Crippen LogP contribution is 2.22. The molecule has 0 spiro atoms. The van der Waals surface area contributed by atoms with Crippen molar-refractivity contribution in [2.75, 3.05) is 13.1 Å². The van der Waals surface area contributed by atoms with Crippen molar-refractivity contribution in [2.45, 2.75) is 46.1 Å². The molecule has 3 heterocycles. The summed E-state index contributed by atoms with van der Waals surface area (Å²) in [5.74, 6) is 0.635. The fourth-order valence-corrected chi connectivity index (χ4v) is 3.38. The second-order valence-electron chi connectivity index (χ2n) is 6.51. The summed E-state index contributed by atoms with van der Waals surface area (Å²) in [7, 11) is 0. The van der Waals surface area contributed by atoms with Crippen molar-refractivity contribution in [3.05, 3.63) is 30.4 Å². The van der Waals surface area contributed by atoms with Gasteiger partial charge in [0.1, 0.15) is 5.69 Å². The molecule has 1 saturated heterocycles. The average molecular weight is 327 g/mol. The molecule has 24 heavy (non-hydrogen) atoms. The van der Waals surface area contributed by atoms with Crippen LogP contribution in [0.3, 0.4) is 0 Å². The van der Waals surface area contributed by atoms with Gasteiger partial charge in [-0.05, 0) is 37.7 Å². The zero-order valence-corrected chi connectivity index (χ0v) is 14.5. The van der Waals surface area contributed by atoms with Crippen LogP contribution in [0.1, 0.15) is 38.8 Å². The molecule has 0 saturated carbocycles. The van der Waals surface area contributed by atoms with Crippen LogP contribution < -0.4 is 0 Å². The van der Waals surface area contributed by atoms with Crippen molar-refractivity contribution < 1.29 is 4.79 Å². The van der Waals surface area contributed by atoms with E-state index in [9.17, 15) is 4.79 Å². The lowest BCUT2D eigenvalue weighted by Gasteiger charge is -2.31. The number of amides is 1. The van der Waals surface area contributed by atoms with Gasteiger partial charge in [-0.25, -0.2) is 4.98 Å². The van der Waals surface area contributed by atoms with Crippen molar-refractivity contribution in [1.82, 2.24) is 24.6 Å². The summed E-state index contributed by atoms with van der Waals surface area (Å²) in [4.78, 5) is 22.7. The summed E-state index contributed by atoms with van der Waals surface area (Å²) in [6, 6.07) is 1.99. The van der Waals surface area contributed by atoms with Crippen LogP contribution in [0.25, 0.3) is 11.4 Å². The Balaban J connectivity index is 1.73. The molecule has 0 bridgehead atoms. The molecule has 1 fully saturated rings. The van der Waals surface area contributed by atoms with Crippen molar-refractivity contribution >= 4 is 5.91 Å². The molecule has 2 aromatic rings. The van der Waals surface area contributed by atoms with Gasteiger partial charge in [-0.3, -0.25) is 14.5 Å². The molecule has 0 radical (unpaired) electrons. The van der Waals surface area contributed by atoms with Crippen molar-refractivity contribution in [1.29, 1.82) is 0 Å². The number of likely N-dealkylation sites (tertiary alicyclic amines) is 1. The maximum absolute atomic E-state index is 11.6. The number of carbonyl (C=O) groups is 1. The predicted molar refractivity (Wildman–Crippen MR) is 92.2 cm³/mol. The molecular formula is C18H25N5O. The van der Waals surface area contributed by atoms with Gasteiger partial charge in [-0.1, -0.05) is 6.92 Å². The highest BCUT2D eigenvalue weighted by atomic mass is 16.2. The third-order valence-electron chi connectivity index (χ3n) is 4.56. The number of carbonyl (C=O) groups excluding carboxylic acids is 1. The van der Waals surface area contributed by atoms with Gasteiger partial charge in [0.15, 0.2) is 0 Å². The second-order valence-corrected chi connectivity index (χ2v) is 6.51. The van der Waals surface area contributed by atoms with Crippen molar-refractivity contribution in [2.24, 2.45) is 5.92 Å². The number of nitrogens with zero attached hydrogens (tertiary/aromatic N) is 5. The minimum absolute atomic E-state index is 0.169. The summed E-state index contributed by atoms with van der Waals surface area (Å²) in [5, 5.41) is 4.36. The molecule has 3 rings (SSSR count). The third-order valence-corrected chi connectivity index (χ3v) is 4.56. The van der Waals surface area contributed by atoms with Crippen LogP contribution in [0.15, 0.2) is 24.7 Å². The summed E-state index contributed by atoms with van der Waals surface area (Å²) in [5.41, 5.74) is 2.88. The number of hydrogen-bond acceptors (Lipinski definition) is 4. The summed E-state index contributed by atoms with van der Waals surface area (Å²) >= 11 is 0. The smallest absolute Gasteiger partial charge is 0.219 e. The maximum Gasteiger partial charge on any atom is 0.219 e. The monoisotopic (exact) mass is 327 g/mol. The lowest BCUT2D eigenvalue weighted by Crippen LogP contribution is -2.39. The van der Waals surface area contributed by atoms with Gasteiger partial charge in [-0.2, -0.15) is 5.10 Å². The average Bonchev–Trinajstić information content (AvgIpc) is 3.04. The molecule has 0 unspecified atom stereocenters. The zero-order chi connectivity index (χ0) is 16.9. The fourth-order valence-electron chi connectivity index (χ4n) is 3.38. The van der Waals surface area contributed by atoms with E-state index < -0.39 is 0 Å². The van der Waals surface area contributed by atoms with Gasteiger partial charge in [0.25, 0.3) is 0 Å². The van der Waals surface area contributed by atoms with E-state index in [-0.39, 0.29) is 5.91 Å².